The summed E-state index contributed by atoms with van der Waals surface area (Å²) < 4.78 is 74.4. The molecule has 0 N–H and O–H groups in total. The molecule has 5 nitrogen and oxygen atoms in total. The SMILES string of the molecule is [2H]c1c([2H])c([2H])c2c(c1[2H])c1c([2H])c([2H])c([2H])c([2H])c1n2-c1nc(-c2ccc([Si](c3ccccc3)(c3ccccc3)c3ccccc3)cc2)nc(-n2c3ccccc3c3ccccc32)n1. The Labute approximate surface area is 342 Å². The van der Waals surface area contributed by atoms with Crippen molar-refractivity contribution in [1.29, 1.82) is 0 Å². The van der Waals surface area contributed by atoms with Crippen LogP contribution in [0.15, 0.2) is 212 Å². The molecule has 0 unspecified atom stereocenters. The van der Waals surface area contributed by atoms with Crippen molar-refractivity contribution >= 4 is 72.4 Å². The van der Waals surface area contributed by atoms with Crippen molar-refractivity contribution in [2.75, 3.05) is 0 Å². The minimum Gasteiger partial charge on any atom is -0.278 e. The van der Waals surface area contributed by atoms with Crippen LogP contribution in [-0.2, 0) is 0 Å². The van der Waals surface area contributed by atoms with Gasteiger partial charge >= 0.3 is 0 Å². The third-order valence-corrected chi connectivity index (χ3v) is 15.6. The average molecular weight is 754 g/mol. The van der Waals surface area contributed by atoms with E-state index in [4.69, 9.17) is 23.2 Å². The quantitative estimate of drug-likeness (QED) is 0.121. The lowest BCUT2D eigenvalue weighted by Crippen LogP contribution is -2.74. The van der Waals surface area contributed by atoms with Gasteiger partial charge in [0.15, 0.2) is 13.9 Å². The summed E-state index contributed by atoms with van der Waals surface area (Å²) in [6.07, 6.45) is 0. The van der Waals surface area contributed by atoms with Gasteiger partial charge in [-0.05, 0) is 45.0 Å². The Balaban J connectivity index is 1.23. The minimum atomic E-state index is -2.90. The standard InChI is InChI=1S/C51H35N5Si/c1-4-18-37(19-5-1)57(38-20-6-2-7-21-38,39-22-8-3-9-23-39)40-34-32-36(33-35-40)49-52-50(55-45-28-14-10-24-41(45)42-25-11-15-29-46(42)55)54-51(53-49)56-47-30-16-12-26-43(47)44-27-13-17-31-48(44)56/h1-35H/i10D,11D,14D,15D,24D,25D,28D,29D. The predicted molar refractivity (Wildman–Crippen MR) is 238 cm³/mol. The zero-order valence-corrected chi connectivity index (χ0v) is 31.3. The Kier molecular flexibility index (Phi) is 6.03. The molecule has 57 heavy (non-hydrogen) atoms. The van der Waals surface area contributed by atoms with E-state index < -0.39 is 56.4 Å². The lowest BCUT2D eigenvalue weighted by Gasteiger charge is -2.34. The highest BCUT2D eigenvalue weighted by Gasteiger charge is 2.41. The molecule has 0 saturated carbocycles. The first-order chi connectivity index (χ1) is 31.6. The van der Waals surface area contributed by atoms with Crippen molar-refractivity contribution in [3.05, 3.63) is 212 Å². The number of para-hydroxylation sites is 4. The van der Waals surface area contributed by atoms with Crippen LogP contribution in [0.4, 0.5) is 0 Å². The molecule has 0 aliphatic rings. The zero-order valence-electron chi connectivity index (χ0n) is 38.3. The fourth-order valence-electron chi connectivity index (χ4n) is 8.38. The number of aromatic nitrogens is 5. The fourth-order valence-corrected chi connectivity index (χ4v) is 13.1. The van der Waals surface area contributed by atoms with E-state index in [2.05, 4.69) is 84.9 Å². The van der Waals surface area contributed by atoms with Gasteiger partial charge in [0.1, 0.15) is 0 Å². The van der Waals surface area contributed by atoms with Crippen molar-refractivity contribution in [2.45, 2.75) is 0 Å². The van der Waals surface area contributed by atoms with Crippen LogP contribution in [0.25, 0.3) is 66.9 Å². The smallest absolute Gasteiger partial charge is 0.240 e. The Hall–Kier alpha value is -7.41. The normalized spacial score (nSPS) is 13.8. The fraction of sp³-hybridized carbons (Fsp3) is 0. The van der Waals surface area contributed by atoms with Crippen LogP contribution < -0.4 is 20.7 Å². The number of nitrogens with zero attached hydrogens (tertiary/aromatic N) is 5. The van der Waals surface area contributed by atoms with E-state index in [1.807, 2.05) is 83.4 Å². The lowest BCUT2D eigenvalue weighted by atomic mass is 10.2. The van der Waals surface area contributed by atoms with Crippen molar-refractivity contribution in [3.63, 3.8) is 0 Å². The average Bonchev–Trinajstić information content (AvgIpc) is 3.90. The van der Waals surface area contributed by atoms with Gasteiger partial charge in [-0.3, -0.25) is 9.13 Å². The second-order valence-corrected chi connectivity index (χ2v) is 17.6. The van der Waals surface area contributed by atoms with E-state index in [0.29, 0.717) is 5.56 Å². The molecule has 0 aliphatic carbocycles. The lowest BCUT2D eigenvalue weighted by molar-refractivity contribution is 0.893. The van der Waals surface area contributed by atoms with Gasteiger partial charge in [-0.15, -0.1) is 0 Å². The molecule has 3 aromatic heterocycles. The molecule has 11 rings (SSSR count). The summed E-state index contributed by atoms with van der Waals surface area (Å²) in [6, 6.07) is 51.9. The van der Waals surface area contributed by atoms with Gasteiger partial charge in [-0.1, -0.05) is 188 Å². The van der Waals surface area contributed by atoms with E-state index in [0.717, 1.165) is 27.0 Å². The Morgan fingerprint density at radius 2 is 0.737 bits per heavy atom. The maximum Gasteiger partial charge on any atom is 0.240 e. The third kappa shape index (κ3) is 5.19. The molecular weight excluding hydrogens is 711 g/mol. The topological polar surface area (TPSA) is 48.5 Å². The van der Waals surface area contributed by atoms with Gasteiger partial charge in [0.2, 0.25) is 11.9 Å². The highest BCUT2D eigenvalue weighted by molar-refractivity contribution is 7.19. The summed E-state index contributed by atoms with van der Waals surface area (Å²) in [6.45, 7) is 0. The molecule has 0 bridgehead atoms. The maximum atomic E-state index is 9.22. The van der Waals surface area contributed by atoms with Crippen molar-refractivity contribution in [2.24, 2.45) is 0 Å². The molecule has 6 heteroatoms. The Morgan fingerprint density at radius 3 is 1.21 bits per heavy atom. The molecule has 0 spiro atoms. The molecule has 0 fully saturated rings. The largest absolute Gasteiger partial charge is 0.278 e. The first-order valence-corrected chi connectivity index (χ1v) is 20.6. The zero-order chi connectivity index (χ0) is 44.7. The summed E-state index contributed by atoms with van der Waals surface area (Å²) in [5.74, 6) is 0.346. The molecule has 0 radical (unpaired) electrons. The number of benzene rings is 8. The van der Waals surface area contributed by atoms with E-state index in [1.54, 1.807) is 0 Å². The number of rotatable bonds is 7. The molecular formula is C51H35N5Si. The molecule has 0 aliphatic heterocycles. The minimum absolute atomic E-state index is 0.0632. The van der Waals surface area contributed by atoms with Gasteiger partial charge in [0.25, 0.3) is 0 Å². The second-order valence-electron chi connectivity index (χ2n) is 13.8. The van der Waals surface area contributed by atoms with Crippen LogP contribution >= 0.6 is 0 Å². The van der Waals surface area contributed by atoms with Crippen LogP contribution in [0.3, 0.4) is 0 Å². The first-order valence-electron chi connectivity index (χ1n) is 22.6. The highest BCUT2D eigenvalue weighted by atomic mass is 28.3. The van der Waals surface area contributed by atoms with Crippen LogP contribution in [0.5, 0.6) is 0 Å². The van der Waals surface area contributed by atoms with E-state index in [9.17, 15) is 2.74 Å². The Bertz CT molecular complexity index is 3470. The molecule has 3 heterocycles. The van der Waals surface area contributed by atoms with E-state index in [-0.39, 0.29) is 39.5 Å². The third-order valence-electron chi connectivity index (χ3n) is 10.8. The number of hydrogen-bond acceptors (Lipinski definition) is 3. The molecule has 11 aromatic rings. The van der Waals surface area contributed by atoms with Crippen molar-refractivity contribution in [1.82, 2.24) is 24.1 Å². The van der Waals surface area contributed by atoms with Gasteiger partial charge in [0.05, 0.1) is 33.0 Å². The first kappa shape index (κ1) is 25.6. The summed E-state index contributed by atoms with van der Waals surface area (Å²) >= 11 is 0. The summed E-state index contributed by atoms with van der Waals surface area (Å²) in [4.78, 5) is 15.3. The van der Waals surface area contributed by atoms with Crippen LogP contribution in [-0.4, -0.2) is 32.2 Å². The molecule has 268 valence electrons. The van der Waals surface area contributed by atoms with Crippen LogP contribution in [0.2, 0.25) is 0 Å². The van der Waals surface area contributed by atoms with Crippen molar-refractivity contribution in [3.8, 4) is 23.3 Å². The molecule has 0 saturated heterocycles. The second kappa shape index (κ2) is 13.4. The summed E-state index contributed by atoms with van der Waals surface area (Å²) in [5, 5.41) is 6.54. The summed E-state index contributed by atoms with van der Waals surface area (Å²) in [7, 11) is -2.90. The summed E-state index contributed by atoms with van der Waals surface area (Å²) in [5.41, 5.74) is 2.08. The van der Waals surface area contributed by atoms with Gasteiger partial charge in [0, 0.05) is 27.1 Å². The highest BCUT2D eigenvalue weighted by Crippen LogP contribution is 2.34. The van der Waals surface area contributed by atoms with E-state index >= 15 is 0 Å². The van der Waals surface area contributed by atoms with Gasteiger partial charge in [-0.2, -0.15) is 15.0 Å². The number of fused-ring (bicyclic) bond motifs is 6. The molecule has 0 amide bonds. The van der Waals surface area contributed by atoms with Crippen LogP contribution in [0.1, 0.15) is 11.0 Å². The van der Waals surface area contributed by atoms with Crippen LogP contribution in [0, 0.1) is 0 Å². The Morgan fingerprint density at radius 1 is 0.351 bits per heavy atom. The molecule has 8 aromatic carbocycles. The van der Waals surface area contributed by atoms with Gasteiger partial charge in [-0.25, -0.2) is 0 Å². The molecule has 0 atom stereocenters. The predicted octanol–water partition coefficient (Wildman–Crippen LogP) is 9.11. The van der Waals surface area contributed by atoms with Crippen molar-refractivity contribution < 1.29 is 11.0 Å². The monoisotopic (exact) mass is 753 g/mol. The number of hydrogen-bond donors (Lipinski definition) is 0. The van der Waals surface area contributed by atoms with E-state index in [1.165, 1.54) is 20.1 Å². The maximum absolute atomic E-state index is 9.22. The van der Waals surface area contributed by atoms with Gasteiger partial charge < -0.3 is 0 Å².